The van der Waals surface area contributed by atoms with Crippen LogP contribution in [0.2, 0.25) is 5.02 Å². The Morgan fingerprint density at radius 2 is 2.22 bits per heavy atom. The smallest absolute Gasteiger partial charge is 0.138 e. The van der Waals surface area contributed by atoms with Gasteiger partial charge in [0.25, 0.3) is 0 Å². The SMILES string of the molecule is CCC(C)(C)c1ccc(O[C@H]2CCNC2)c(Cl)c1. The van der Waals surface area contributed by atoms with E-state index in [2.05, 4.69) is 32.2 Å². The van der Waals surface area contributed by atoms with E-state index in [1.165, 1.54) is 5.56 Å². The predicted molar refractivity (Wildman–Crippen MR) is 76.7 cm³/mol. The lowest BCUT2D eigenvalue weighted by Crippen LogP contribution is -2.20. The van der Waals surface area contributed by atoms with Gasteiger partial charge in [-0.1, -0.05) is 38.4 Å². The largest absolute Gasteiger partial charge is 0.487 e. The molecule has 1 fully saturated rings. The van der Waals surface area contributed by atoms with Crippen molar-refractivity contribution in [3.8, 4) is 5.75 Å². The molecule has 18 heavy (non-hydrogen) atoms. The second-order valence-electron chi connectivity index (χ2n) is 5.62. The van der Waals surface area contributed by atoms with E-state index >= 15 is 0 Å². The first-order valence-electron chi connectivity index (χ1n) is 6.70. The summed E-state index contributed by atoms with van der Waals surface area (Å²) in [5.41, 5.74) is 1.43. The van der Waals surface area contributed by atoms with Gasteiger partial charge in [0, 0.05) is 6.54 Å². The van der Waals surface area contributed by atoms with Gasteiger partial charge in [-0.3, -0.25) is 0 Å². The van der Waals surface area contributed by atoms with Crippen LogP contribution in [0, 0.1) is 0 Å². The fourth-order valence-corrected chi connectivity index (χ4v) is 2.35. The lowest BCUT2D eigenvalue weighted by molar-refractivity contribution is 0.223. The summed E-state index contributed by atoms with van der Waals surface area (Å²) < 4.78 is 5.91. The first-order valence-corrected chi connectivity index (χ1v) is 7.08. The summed E-state index contributed by atoms with van der Waals surface area (Å²) in [5.74, 6) is 0.806. The quantitative estimate of drug-likeness (QED) is 0.897. The molecular formula is C15H22ClNO. The van der Waals surface area contributed by atoms with E-state index in [1.54, 1.807) is 0 Å². The number of halogens is 1. The fraction of sp³-hybridized carbons (Fsp3) is 0.600. The molecule has 0 spiro atoms. The van der Waals surface area contributed by atoms with Gasteiger partial charge in [-0.2, -0.15) is 0 Å². The predicted octanol–water partition coefficient (Wildman–Crippen LogP) is 3.77. The first kappa shape index (κ1) is 13.7. The van der Waals surface area contributed by atoms with Crippen molar-refractivity contribution in [1.29, 1.82) is 0 Å². The molecule has 0 amide bonds. The molecule has 1 aliphatic heterocycles. The molecule has 0 radical (unpaired) electrons. The number of ether oxygens (including phenoxy) is 1. The summed E-state index contributed by atoms with van der Waals surface area (Å²) in [7, 11) is 0. The Morgan fingerprint density at radius 3 is 2.78 bits per heavy atom. The minimum absolute atomic E-state index is 0.164. The highest BCUT2D eigenvalue weighted by Gasteiger charge is 2.21. The number of hydrogen-bond acceptors (Lipinski definition) is 2. The standard InChI is InChI=1S/C15H22ClNO/c1-4-15(2,3)11-5-6-14(13(16)9-11)18-12-7-8-17-10-12/h5-6,9,12,17H,4,7-8,10H2,1-3H3/t12-/m0/s1. The lowest BCUT2D eigenvalue weighted by atomic mass is 9.82. The molecule has 1 aromatic carbocycles. The minimum Gasteiger partial charge on any atom is -0.487 e. The Morgan fingerprint density at radius 1 is 1.44 bits per heavy atom. The van der Waals surface area contributed by atoms with E-state index in [0.29, 0.717) is 0 Å². The molecule has 1 aliphatic rings. The number of benzene rings is 1. The number of rotatable bonds is 4. The molecular weight excluding hydrogens is 246 g/mol. The fourth-order valence-electron chi connectivity index (χ4n) is 2.13. The van der Waals surface area contributed by atoms with Gasteiger partial charge in [0.2, 0.25) is 0 Å². The van der Waals surface area contributed by atoms with Crippen LogP contribution in [-0.2, 0) is 5.41 Å². The highest BCUT2D eigenvalue weighted by molar-refractivity contribution is 6.32. The summed E-state index contributed by atoms with van der Waals surface area (Å²) >= 11 is 6.33. The van der Waals surface area contributed by atoms with Crippen LogP contribution >= 0.6 is 11.6 Å². The van der Waals surface area contributed by atoms with Crippen LogP contribution < -0.4 is 10.1 Å². The lowest BCUT2D eigenvalue weighted by Gasteiger charge is -2.24. The maximum Gasteiger partial charge on any atom is 0.138 e. The molecule has 2 nitrogen and oxygen atoms in total. The van der Waals surface area contributed by atoms with Crippen molar-refractivity contribution in [3.05, 3.63) is 28.8 Å². The Labute approximate surface area is 115 Å². The zero-order valence-electron chi connectivity index (χ0n) is 11.4. The molecule has 0 bridgehead atoms. The first-order chi connectivity index (χ1) is 8.53. The Bertz CT molecular complexity index is 411. The summed E-state index contributed by atoms with van der Waals surface area (Å²) in [6, 6.07) is 6.18. The maximum atomic E-state index is 6.33. The van der Waals surface area contributed by atoms with Crippen molar-refractivity contribution in [2.24, 2.45) is 0 Å². The minimum atomic E-state index is 0.164. The Kier molecular flexibility index (Phi) is 4.18. The third kappa shape index (κ3) is 2.99. The topological polar surface area (TPSA) is 21.3 Å². The monoisotopic (exact) mass is 267 g/mol. The molecule has 1 N–H and O–H groups in total. The van der Waals surface area contributed by atoms with Gasteiger partial charge in [0.15, 0.2) is 0 Å². The van der Waals surface area contributed by atoms with Crippen LogP contribution in [0.5, 0.6) is 5.75 Å². The van der Waals surface area contributed by atoms with E-state index in [9.17, 15) is 0 Å². The normalized spacial score (nSPS) is 20.1. The van der Waals surface area contributed by atoms with Gasteiger partial charge in [-0.25, -0.2) is 0 Å². The third-order valence-electron chi connectivity index (χ3n) is 3.91. The van der Waals surface area contributed by atoms with Crippen LogP contribution in [0.1, 0.15) is 39.2 Å². The summed E-state index contributed by atoms with van der Waals surface area (Å²) in [6.45, 7) is 8.62. The molecule has 1 heterocycles. The Balaban J connectivity index is 2.14. The zero-order chi connectivity index (χ0) is 13.2. The molecule has 1 atom stereocenters. The van der Waals surface area contributed by atoms with Crippen LogP contribution in [0.15, 0.2) is 18.2 Å². The van der Waals surface area contributed by atoms with Crippen molar-refractivity contribution in [1.82, 2.24) is 5.32 Å². The molecule has 100 valence electrons. The molecule has 2 rings (SSSR count). The molecule has 1 aromatic rings. The van der Waals surface area contributed by atoms with Crippen molar-refractivity contribution in [3.63, 3.8) is 0 Å². The summed E-state index contributed by atoms with van der Waals surface area (Å²) in [4.78, 5) is 0. The van der Waals surface area contributed by atoms with Crippen molar-refractivity contribution in [2.75, 3.05) is 13.1 Å². The average molecular weight is 268 g/mol. The van der Waals surface area contributed by atoms with Crippen LogP contribution in [0.3, 0.4) is 0 Å². The van der Waals surface area contributed by atoms with Gasteiger partial charge < -0.3 is 10.1 Å². The van der Waals surface area contributed by atoms with Gasteiger partial charge in [0.05, 0.1) is 5.02 Å². The van der Waals surface area contributed by atoms with Crippen molar-refractivity contribution >= 4 is 11.6 Å². The molecule has 0 aliphatic carbocycles. The number of hydrogen-bond donors (Lipinski definition) is 1. The third-order valence-corrected chi connectivity index (χ3v) is 4.20. The van der Waals surface area contributed by atoms with Crippen LogP contribution in [0.25, 0.3) is 0 Å². The second-order valence-corrected chi connectivity index (χ2v) is 6.02. The molecule has 0 unspecified atom stereocenters. The van der Waals surface area contributed by atoms with E-state index in [1.807, 2.05) is 12.1 Å². The Hall–Kier alpha value is -0.730. The van der Waals surface area contributed by atoms with Gasteiger partial charge >= 0.3 is 0 Å². The van der Waals surface area contributed by atoms with E-state index in [-0.39, 0.29) is 11.5 Å². The molecule has 0 aromatic heterocycles. The second kappa shape index (κ2) is 5.50. The van der Waals surface area contributed by atoms with Crippen molar-refractivity contribution < 1.29 is 4.74 Å². The van der Waals surface area contributed by atoms with Crippen molar-refractivity contribution in [2.45, 2.75) is 45.1 Å². The van der Waals surface area contributed by atoms with Crippen LogP contribution in [0.4, 0.5) is 0 Å². The van der Waals surface area contributed by atoms with E-state index < -0.39 is 0 Å². The molecule has 0 saturated carbocycles. The van der Waals surface area contributed by atoms with E-state index in [4.69, 9.17) is 16.3 Å². The summed E-state index contributed by atoms with van der Waals surface area (Å²) in [5, 5.41) is 4.01. The maximum absolute atomic E-state index is 6.33. The summed E-state index contributed by atoms with van der Waals surface area (Å²) in [6.07, 6.45) is 2.40. The van der Waals surface area contributed by atoms with Gasteiger partial charge in [-0.15, -0.1) is 0 Å². The number of nitrogens with one attached hydrogen (secondary N) is 1. The van der Waals surface area contributed by atoms with Crippen LogP contribution in [-0.4, -0.2) is 19.2 Å². The molecule has 1 saturated heterocycles. The van der Waals surface area contributed by atoms with Gasteiger partial charge in [-0.05, 0) is 42.5 Å². The highest BCUT2D eigenvalue weighted by atomic mass is 35.5. The zero-order valence-corrected chi connectivity index (χ0v) is 12.2. The average Bonchev–Trinajstić information content (AvgIpc) is 2.84. The van der Waals surface area contributed by atoms with Gasteiger partial charge in [0.1, 0.15) is 11.9 Å². The highest BCUT2D eigenvalue weighted by Crippen LogP contribution is 2.33. The molecule has 3 heteroatoms. The van der Waals surface area contributed by atoms with E-state index in [0.717, 1.165) is 36.7 Å².